The van der Waals surface area contributed by atoms with Crippen LogP contribution in [-0.4, -0.2) is 33.0 Å². The number of carbonyl (C=O) groups excluding carboxylic acids is 1. The Kier molecular flexibility index (Phi) is 8.33. The van der Waals surface area contributed by atoms with Gasteiger partial charge in [0.05, 0.1) is 7.11 Å². The van der Waals surface area contributed by atoms with Crippen molar-refractivity contribution in [2.24, 2.45) is 5.92 Å². The van der Waals surface area contributed by atoms with Gasteiger partial charge in [-0.1, -0.05) is 13.8 Å². The predicted octanol–water partition coefficient (Wildman–Crippen LogP) is 1.80. The molecule has 0 heterocycles. The van der Waals surface area contributed by atoms with Crippen LogP contribution >= 0.6 is 0 Å². The molecule has 0 atom stereocenters. The zero-order chi connectivity index (χ0) is 10.8. The number of ether oxygens (including phenoxy) is 2. The minimum Gasteiger partial charge on any atom is -0.438 e. The second-order valence-corrected chi connectivity index (χ2v) is 3.59. The first kappa shape index (κ1) is 13.2. The second-order valence-electron chi connectivity index (χ2n) is 3.59. The molecular formula is C10H21NO3. The quantitative estimate of drug-likeness (QED) is 0.506. The standard InChI is InChI=1S/C10H21NO3/c1-9(2)5-4-6-11-7-8-14-10(12)13-3/h9,11H,4-8H2,1-3H3. The molecule has 4 heteroatoms. The van der Waals surface area contributed by atoms with E-state index in [0.29, 0.717) is 13.2 Å². The zero-order valence-electron chi connectivity index (χ0n) is 9.34. The Balaban J connectivity index is 3.03. The van der Waals surface area contributed by atoms with Gasteiger partial charge in [-0.05, 0) is 25.3 Å². The number of carbonyl (C=O) groups is 1. The fourth-order valence-corrected chi connectivity index (χ4v) is 1.03. The number of nitrogens with one attached hydrogen (secondary N) is 1. The van der Waals surface area contributed by atoms with Crippen LogP contribution in [0.15, 0.2) is 0 Å². The fraction of sp³-hybridized carbons (Fsp3) is 0.900. The van der Waals surface area contributed by atoms with Crippen molar-refractivity contribution in [1.29, 1.82) is 0 Å². The minimum absolute atomic E-state index is 0.369. The number of hydrogen-bond donors (Lipinski definition) is 1. The Hall–Kier alpha value is -0.770. The summed E-state index contributed by atoms with van der Waals surface area (Å²) in [6, 6.07) is 0. The number of hydrogen-bond acceptors (Lipinski definition) is 4. The van der Waals surface area contributed by atoms with Crippen molar-refractivity contribution < 1.29 is 14.3 Å². The maximum atomic E-state index is 10.5. The maximum Gasteiger partial charge on any atom is 0.508 e. The third kappa shape index (κ3) is 9.32. The largest absolute Gasteiger partial charge is 0.508 e. The molecule has 0 aromatic carbocycles. The van der Waals surface area contributed by atoms with E-state index in [1.807, 2.05) is 0 Å². The van der Waals surface area contributed by atoms with Gasteiger partial charge in [-0.2, -0.15) is 0 Å². The van der Waals surface area contributed by atoms with Gasteiger partial charge in [0.15, 0.2) is 0 Å². The SMILES string of the molecule is COC(=O)OCCNCCCC(C)C. The molecular weight excluding hydrogens is 182 g/mol. The molecule has 1 N–H and O–H groups in total. The van der Waals surface area contributed by atoms with Gasteiger partial charge in [-0.25, -0.2) is 4.79 Å². The number of methoxy groups -OCH3 is 1. The van der Waals surface area contributed by atoms with Crippen LogP contribution in [0.4, 0.5) is 4.79 Å². The molecule has 84 valence electrons. The average molecular weight is 203 g/mol. The van der Waals surface area contributed by atoms with Crippen molar-refractivity contribution in [3.63, 3.8) is 0 Å². The molecule has 0 aliphatic carbocycles. The summed E-state index contributed by atoms with van der Waals surface area (Å²) in [6.45, 7) is 6.45. The van der Waals surface area contributed by atoms with E-state index in [-0.39, 0.29) is 0 Å². The Morgan fingerprint density at radius 2 is 2.07 bits per heavy atom. The van der Waals surface area contributed by atoms with Crippen LogP contribution < -0.4 is 5.32 Å². The lowest BCUT2D eigenvalue weighted by molar-refractivity contribution is 0.0735. The Bertz CT molecular complexity index is 148. The molecule has 0 aliphatic heterocycles. The molecule has 0 rings (SSSR count). The lowest BCUT2D eigenvalue weighted by Crippen LogP contribution is -2.22. The normalized spacial score (nSPS) is 10.3. The molecule has 0 saturated carbocycles. The summed E-state index contributed by atoms with van der Waals surface area (Å²) < 4.78 is 9.02. The highest BCUT2D eigenvalue weighted by atomic mass is 16.7. The summed E-state index contributed by atoms with van der Waals surface area (Å²) in [6.07, 6.45) is 1.77. The highest BCUT2D eigenvalue weighted by Gasteiger charge is 1.98. The van der Waals surface area contributed by atoms with Crippen LogP contribution in [-0.2, 0) is 9.47 Å². The van der Waals surface area contributed by atoms with Gasteiger partial charge in [-0.15, -0.1) is 0 Å². The molecule has 14 heavy (non-hydrogen) atoms. The lowest BCUT2D eigenvalue weighted by Gasteiger charge is -2.06. The van der Waals surface area contributed by atoms with E-state index in [4.69, 9.17) is 4.74 Å². The van der Waals surface area contributed by atoms with Crippen LogP contribution in [0.1, 0.15) is 26.7 Å². The predicted molar refractivity (Wildman–Crippen MR) is 55.3 cm³/mol. The highest BCUT2D eigenvalue weighted by molar-refractivity contribution is 5.59. The van der Waals surface area contributed by atoms with E-state index < -0.39 is 6.16 Å². The van der Waals surface area contributed by atoms with Gasteiger partial charge < -0.3 is 14.8 Å². The van der Waals surface area contributed by atoms with Gasteiger partial charge in [0, 0.05) is 6.54 Å². The average Bonchev–Trinajstić information content (AvgIpc) is 2.15. The molecule has 4 nitrogen and oxygen atoms in total. The topological polar surface area (TPSA) is 47.6 Å². The number of rotatable bonds is 7. The maximum absolute atomic E-state index is 10.5. The van der Waals surface area contributed by atoms with E-state index in [2.05, 4.69) is 23.9 Å². The summed E-state index contributed by atoms with van der Waals surface area (Å²) in [5, 5.41) is 3.19. The molecule has 0 radical (unpaired) electrons. The van der Waals surface area contributed by atoms with E-state index >= 15 is 0 Å². The fourth-order valence-electron chi connectivity index (χ4n) is 1.03. The lowest BCUT2D eigenvalue weighted by atomic mass is 10.1. The smallest absolute Gasteiger partial charge is 0.438 e. The molecule has 0 saturated heterocycles. The van der Waals surface area contributed by atoms with Gasteiger partial charge in [0.2, 0.25) is 0 Å². The molecule has 0 amide bonds. The molecule has 0 aromatic rings. The zero-order valence-corrected chi connectivity index (χ0v) is 9.34. The summed E-state index contributed by atoms with van der Waals surface area (Å²) in [4.78, 5) is 10.5. The molecule has 0 fully saturated rings. The van der Waals surface area contributed by atoms with Crippen molar-refractivity contribution in [2.45, 2.75) is 26.7 Å². The Labute approximate surface area is 86.0 Å². The Morgan fingerprint density at radius 3 is 2.64 bits per heavy atom. The first-order chi connectivity index (χ1) is 6.66. The van der Waals surface area contributed by atoms with E-state index in [1.165, 1.54) is 13.5 Å². The molecule has 0 aromatic heterocycles. The third-order valence-electron chi connectivity index (χ3n) is 1.80. The highest BCUT2D eigenvalue weighted by Crippen LogP contribution is 2.01. The first-order valence-electron chi connectivity index (χ1n) is 5.08. The summed E-state index contributed by atoms with van der Waals surface area (Å²) in [5.74, 6) is 0.753. The van der Waals surface area contributed by atoms with Crippen LogP contribution in [0.5, 0.6) is 0 Å². The van der Waals surface area contributed by atoms with Crippen molar-refractivity contribution in [3.05, 3.63) is 0 Å². The van der Waals surface area contributed by atoms with Crippen molar-refractivity contribution in [1.82, 2.24) is 5.32 Å². The van der Waals surface area contributed by atoms with Crippen molar-refractivity contribution in [3.8, 4) is 0 Å². The molecule has 0 spiro atoms. The Morgan fingerprint density at radius 1 is 1.36 bits per heavy atom. The van der Waals surface area contributed by atoms with E-state index in [0.717, 1.165) is 18.9 Å². The van der Waals surface area contributed by atoms with E-state index in [9.17, 15) is 4.79 Å². The summed E-state index contributed by atoms with van der Waals surface area (Å²) >= 11 is 0. The van der Waals surface area contributed by atoms with Crippen LogP contribution in [0.3, 0.4) is 0 Å². The van der Waals surface area contributed by atoms with Crippen molar-refractivity contribution >= 4 is 6.16 Å². The van der Waals surface area contributed by atoms with Gasteiger partial charge >= 0.3 is 6.16 Å². The second kappa shape index (κ2) is 8.81. The minimum atomic E-state index is -0.617. The van der Waals surface area contributed by atoms with Crippen LogP contribution in [0, 0.1) is 5.92 Å². The summed E-state index contributed by atoms with van der Waals surface area (Å²) in [5.41, 5.74) is 0. The van der Waals surface area contributed by atoms with Gasteiger partial charge in [0.1, 0.15) is 6.61 Å². The molecule has 0 unspecified atom stereocenters. The van der Waals surface area contributed by atoms with E-state index in [1.54, 1.807) is 0 Å². The summed E-state index contributed by atoms with van der Waals surface area (Å²) in [7, 11) is 1.30. The van der Waals surface area contributed by atoms with Crippen LogP contribution in [0.2, 0.25) is 0 Å². The van der Waals surface area contributed by atoms with Crippen LogP contribution in [0.25, 0.3) is 0 Å². The molecule has 0 bridgehead atoms. The first-order valence-corrected chi connectivity index (χ1v) is 5.08. The third-order valence-corrected chi connectivity index (χ3v) is 1.80. The molecule has 0 aliphatic rings. The van der Waals surface area contributed by atoms with Gasteiger partial charge in [-0.3, -0.25) is 0 Å². The van der Waals surface area contributed by atoms with Gasteiger partial charge in [0.25, 0.3) is 0 Å². The van der Waals surface area contributed by atoms with Crippen molar-refractivity contribution in [2.75, 3.05) is 26.8 Å². The monoisotopic (exact) mass is 203 g/mol.